The van der Waals surface area contributed by atoms with Crippen LogP contribution in [0.1, 0.15) is 15.9 Å². The Hall–Kier alpha value is -1.45. The monoisotopic (exact) mass is 278 g/mol. The molecule has 2 aromatic carbocycles. The zero-order valence-corrected chi connectivity index (χ0v) is 11.0. The van der Waals surface area contributed by atoms with Gasteiger partial charge in [0.15, 0.2) is 0 Å². The molecule has 0 aliphatic carbocycles. The summed E-state index contributed by atoms with van der Waals surface area (Å²) in [5, 5.41) is 9.62. The minimum absolute atomic E-state index is 0.311. The number of carboxylic acids is 1. The Morgan fingerprint density at radius 3 is 2.67 bits per heavy atom. The smallest absolute Gasteiger partial charge is 0.335 e. The van der Waals surface area contributed by atoms with Crippen LogP contribution in [0.3, 0.4) is 0 Å². The number of hydrogen-bond donors (Lipinski definition) is 1. The van der Waals surface area contributed by atoms with Gasteiger partial charge in [-0.25, -0.2) is 4.79 Å². The number of thioether (sulfide) groups is 1. The summed E-state index contributed by atoms with van der Waals surface area (Å²) in [6.45, 7) is 0. The molecule has 92 valence electrons. The summed E-state index contributed by atoms with van der Waals surface area (Å²) >= 11 is 7.50. The van der Waals surface area contributed by atoms with Crippen molar-refractivity contribution in [3.63, 3.8) is 0 Å². The van der Waals surface area contributed by atoms with Crippen LogP contribution in [0.25, 0.3) is 0 Å². The summed E-state index contributed by atoms with van der Waals surface area (Å²) < 4.78 is 0. The van der Waals surface area contributed by atoms with E-state index in [0.717, 1.165) is 16.2 Å². The minimum atomic E-state index is -0.903. The van der Waals surface area contributed by atoms with Crippen LogP contribution in [0, 0.1) is 0 Å². The number of aromatic carboxylic acids is 1. The molecule has 0 fully saturated rings. The van der Waals surface area contributed by atoms with Crippen LogP contribution in [0.5, 0.6) is 0 Å². The molecule has 0 unspecified atom stereocenters. The number of halogens is 1. The molecule has 0 aromatic heterocycles. The zero-order valence-electron chi connectivity index (χ0n) is 9.47. The molecule has 0 aliphatic heterocycles. The van der Waals surface area contributed by atoms with Crippen molar-refractivity contribution in [1.82, 2.24) is 0 Å². The Bertz CT molecular complexity index is 569. The van der Waals surface area contributed by atoms with Gasteiger partial charge in [-0.05, 0) is 35.9 Å². The molecule has 0 saturated heterocycles. The van der Waals surface area contributed by atoms with Crippen molar-refractivity contribution in [2.24, 2.45) is 0 Å². The fourth-order valence-electron chi connectivity index (χ4n) is 1.51. The molecular formula is C14H11ClO2S. The first-order chi connectivity index (χ1) is 8.65. The maximum atomic E-state index is 10.8. The number of carbonyl (C=O) groups is 1. The van der Waals surface area contributed by atoms with Gasteiger partial charge in [-0.3, -0.25) is 0 Å². The van der Waals surface area contributed by atoms with E-state index in [-0.39, 0.29) is 0 Å². The normalized spacial score (nSPS) is 10.3. The van der Waals surface area contributed by atoms with Crippen LogP contribution < -0.4 is 0 Å². The lowest BCUT2D eigenvalue weighted by atomic mass is 10.2. The van der Waals surface area contributed by atoms with Gasteiger partial charge in [0.05, 0.1) is 5.56 Å². The molecule has 0 spiro atoms. The highest BCUT2D eigenvalue weighted by molar-refractivity contribution is 7.98. The molecular weight excluding hydrogens is 268 g/mol. The van der Waals surface area contributed by atoms with E-state index in [0.29, 0.717) is 10.6 Å². The maximum absolute atomic E-state index is 10.8. The van der Waals surface area contributed by atoms with E-state index in [1.165, 1.54) is 0 Å². The number of rotatable bonds is 4. The summed E-state index contributed by atoms with van der Waals surface area (Å²) in [4.78, 5) is 11.8. The lowest BCUT2D eigenvalue weighted by Crippen LogP contribution is -1.95. The van der Waals surface area contributed by atoms with E-state index >= 15 is 0 Å². The van der Waals surface area contributed by atoms with Crippen LogP contribution >= 0.6 is 23.4 Å². The molecule has 1 N–H and O–H groups in total. The summed E-state index contributed by atoms with van der Waals surface area (Å²) in [6.07, 6.45) is 0. The molecule has 0 aliphatic rings. The predicted octanol–water partition coefficient (Wildman–Crippen LogP) is 4.33. The van der Waals surface area contributed by atoms with Crippen molar-refractivity contribution in [3.8, 4) is 0 Å². The third kappa shape index (κ3) is 3.52. The van der Waals surface area contributed by atoms with Crippen LogP contribution in [0.4, 0.5) is 0 Å². The highest BCUT2D eigenvalue weighted by Crippen LogP contribution is 2.24. The topological polar surface area (TPSA) is 37.3 Å². The molecule has 2 nitrogen and oxygen atoms in total. The van der Waals surface area contributed by atoms with Crippen molar-refractivity contribution in [2.45, 2.75) is 10.6 Å². The Labute approximate surface area is 115 Å². The van der Waals surface area contributed by atoms with Crippen molar-refractivity contribution < 1.29 is 9.90 Å². The molecule has 0 heterocycles. The van der Waals surface area contributed by atoms with Gasteiger partial charge in [0, 0.05) is 15.7 Å². The SMILES string of the molecule is O=C(O)c1cccc(SCc2cccc(Cl)c2)c1. The van der Waals surface area contributed by atoms with E-state index in [1.54, 1.807) is 30.0 Å². The average molecular weight is 279 g/mol. The Kier molecular flexibility index (Phi) is 4.28. The summed E-state index contributed by atoms with van der Waals surface area (Å²) in [6, 6.07) is 14.6. The van der Waals surface area contributed by atoms with Gasteiger partial charge in [-0.1, -0.05) is 29.8 Å². The lowest BCUT2D eigenvalue weighted by Gasteiger charge is -2.03. The van der Waals surface area contributed by atoms with Crippen molar-refractivity contribution in [2.75, 3.05) is 0 Å². The second kappa shape index (κ2) is 5.94. The van der Waals surface area contributed by atoms with Gasteiger partial charge in [0.25, 0.3) is 0 Å². The van der Waals surface area contributed by atoms with Gasteiger partial charge < -0.3 is 5.11 Å². The molecule has 0 atom stereocenters. The maximum Gasteiger partial charge on any atom is 0.335 e. The van der Waals surface area contributed by atoms with E-state index in [1.807, 2.05) is 30.3 Å². The van der Waals surface area contributed by atoms with Crippen LogP contribution in [0.2, 0.25) is 5.02 Å². The molecule has 4 heteroatoms. The van der Waals surface area contributed by atoms with Crippen LogP contribution in [0.15, 0.2) is 53.4 Å². The summed E-state index contributed by atoms with van der Waals surface area (Å²) in [5.41, 5.74) is 1.43. The minimum Gasteiger partial charge on any atom is -0.478 e. The highest BCUT2D eigenvalue weighted by atomic mass is 35.5. The molecule has 0 bridgehead atoms. The quantitative estimate of drug-likeness (QED) is 0.846. The molecule has 0 saturated carbocycles. The van der Waals surface area contributed by atoms with E-state index in [4.69, 9.17) is 16.7 Å². The zero-order chi connectivity index (χ0) is 13.0. The average Bonchev–Trinajstić information content (AvgIpc) is 2.37. The second-order valence-electron chi connectivity index (χ2n) is 3.75. The fourth-order valence-corrected chi connectivity index (χ4v) is 2.62. The van der Waals surface area contributed by atoms with Crippen LogP contribution in [-0.2, 0) is 5.75 Å². The van der Waals surface area contributed by atoms with Crippen LogP contribution in [-0.4, -0.2) is 11.1 Å². The van der Waals surface area contributed by atoms with Crippen molar-refractivity contribution in [3.05, 3.63) is 64.7 Å². The number of carboxylic acid groups (broad SMARTS) is 1. The first-order valence-electron chi connectivity index (χ1n) is 5.36. The molecule has 0 amide bonds. The lowest BCUT2D eigenvalue weighted by molar-refractivity contribution is 0.0696. The van der Waals surface area contributed by atoms with E-state index < -0.39 is 5.97 Å². The first-order valence-corrected chi connectivity index (χ1v) is 6.72. The highest BCUT2D eigenvalue weighted by Gasteiger charge is 2.03. The summed E-state index contributed by atoms with van der Waals surface area (Å²) in [5.74, 6) is -0.135. The second-order valence-corrected chi connectivity index (χ2v) is 5.24. The van der Waals surface area contributed by atoms with Gasteiger partial charge >= 0.3 is 5.97 Å². The fraction of sp³-hybridized carbons (Fsp3) is 0.0714. The molecule has 18 heavy (non-hydrogen) atoms. The predicted molar refractivity (Wildman–Crippen MR) is 74.4 cm³/mol. The molecule has 0 radical (unpaired) electrons. The number of benzene rings is 2. The van der Waals surface area contributed by atoms with Gasteiger partial charge in [0.1, 0.15) is 0 Å². The Morgan fingerprint density at radius 2 is 1.94 bits per heavy atom. The van der Waals surface area contributed by atoms with Gasteiger partial charge in [0.2, 0.25) is 0 Å². The van der Waals surface area contributed by atoms with Crippen molar-refractivity contribution in [1.29, 1.82) is 0 Å². The van der Waals surface area contributed by atoms with E-state index in [2.05, 4.69) is 0 Å². The van der Waals surface area contributed by atoms with E-state index in [9.17, 15) is 4.79 Å². The first kappa shape index (κ1) is 13.0. The number of hydrogen-bond acceptors (Lipinski definition) is 2. The van der Waals surface area contributed by atoms with Gasteiger partial charge in [-0.15, -0.1) is 11.8 Å². The third-order valence-corrected chi connectivity index (χ3v) is 3.68. The largest absolute Gasteiger partial charge is 0.478 e. The Morgan fingerprint density at radius 1 is 1.17 bits per heavy atom. The Balaban J connectivity index is 2.06. The molecule has 2 aromatic rings. The van der Waals surface area contributed by atoms with Crippen molar-refractivity contribution >= 4 is 29.3 Å². The van der Waals surface area contributed by atoms with Gasteiger partial charge in [-0.2, -0.15) is 0 Å². The third-order valence-electron chi connectivity index (χ3n) is 2.38. The standard InChI is InChI=1S/C14H11ClO2S/c15-12-5-1-3-10(7-12)9-18-13-6-2-4-11(8-13)14(16)17/h1-8H,9H2,(H,16,17). The molecule has 2 rings (SSSR count). The summed E-state index contributed by atoms with van der Waals surface area (Å²) in [7, 11) is 0.